The fourth-order valence-corrected chi connectivity index (χ4v) is 2.45. The highest BCUT2D eigenvalue weighted by atomic mass is 32.2. The molecule has 0 atom stereocenters. The first-order valence-electron chi connectivity index (χ1n) is 7.08. The molecule has 0 radical (unpaired) electrons. The highest BCUT2D eigenvalue weighted by Gasteiger charge is 2.05. The first-order chi connectivity index (χ1) is 11.2. The second-order valence-electron chi connectivity index (χ2n) is 4.25. The van der Waals surface area contributed by atoms with Gasteiger partial charge in [0.2, 0.25) is 0 Å². The van der Waals surface area contributed by atoms with Gasteiger partial charge in [-0.2, -0.15) is 11.8 Å². The molecule has 8 heteroatoms. The Morgan fingerprint density at radius 3 is 3.13 bits per heavy atom. The summed E-state index contributed by atoms with van der Waals surface area (Å²) in [5.41, 5.74) is 0.894. The topological polar surface area (TPSA) is 89.3 Å². The van der Waals surface area contributed by atoms with E-state index in [1.807, 2.05) is 19.1 Å². The molecule has 23 heavy (non-hydrogen) atoms. The summed E-state index contributed by atoms with van der Waals surface area (Å²) < 4.78 is 5.52. The average Bonchev–Trinajstić information content (AvgIpc) is 2.53. The number of nitro groups is 1. The zero-order chi connectivity index (χ0) is 16.9. The molecule has 0 aliphatic rings. The van der Waals surface area contributed by atoms with Gasteiger partial charge in [-0.15, -0.1) is 6.42 Å². The van der Waals surface area contributed by atoms with Crippen LogP contribution in [-0.2, 0) is 5.75 Å². The van der Waals surface area contributed by atoms with E-state index in [1.54, 1.807) is 18.0 Å². The van der Waals surface area contributed by atoms with Crippen molar-refractivity contribution in [3.8, 4) is 18.1 Å². The number of nitrogens with zero attached hydrogens (tertiary/aromatic N) is 2. The molecule has 0 aliphatic carbocycles. The number of hydrogen-bond donors (Lipinski definition) is 2. The van der Waals surface area contributed by atoms with E-state index in [1.165, 1.54) is 0 Å². The van der Waals surface area contributed by atoms with E-state index < -0.39 is 4.92 Å². The predicted molar refractivity (Wildman–Crippen MR) is 91.5 cm³/mol. The quantitative estimate of drug-likeness (QED) is 0.274. The summed E-state index contributed by atoms with van der Waals surface area (Å²) in [6.07, 6.45) is 7.73. The van der Waals surface area contributed by atoms with Crippen LogP contribution in [0.15, 0.2) is 30.4 Å². The predicted octanol–water partition coefficient (Wildman–Crippen LogP) is 1.60. The third-order valence-electron chi connectivity index (χ3n) is 2.56. The van der Waals surface area contributed by atoms with Crippen molar-refractivity contribution in [3.63, 3.8) is 0 Å². The Hall–Kier alpha value is -2.40. The summed E-state index contributed by atoms with van der Waals surface area (Å²) in [5.74, 6) is 4.94. The van der Waals surface area contributed by atoms with Gasteiger partial charge in [0.25, 0.3) is 6.20 Å². The third-order valence-corrected chi connectivity index (χ3v) is 3.53. The van der Waals surface area contributed by atoms with Gasteiger partial charge in [-0.3, -0.25) is 15.1 Å². The lowest BCUT2D eigenvalue weighted by Gasteiger charge is -2.10. The van der Waals surface area contributed by atoms with Crippen LogP contribution in [-0.4, -0.2) is 35.4 Å². The van der Waals surface area contributed by atoms with E-state index in [2.05, 4.69) is 21.5 Å². The SMILES string of the molecule is C#CCNC(=C[N+](=O)[O-])NCCSCc1ncccc1OCC. The van der Waals surface area contributed by atoms with Crippen molar-refractivity contribution in [2.75, 3.05) is 25.4 Å². The largest absolute Gasteiger partial charge is 0.492 e. The zero-order valence-corrected chi connectivity index (χ0v) is 13.8. The second-order valence-corrected chi connectivity index (χ2v) is 5.35. The van der Waals surface area contributed by atoms with Crippen LogP contribution in [0.4, 0.5) is 0 Å². The van der Waals surface area contributed by atoms with Crippen LogP contribution in [0.1, 0.15) is 12.6 Å². The molecule has 0 aromatic carbocycles. The fraction of sp³-hybridized carbons (Fsp3) is 0.400. The molecule has 0 amide bonds. The van der Waals surface area contributed by atoms with Crippen LogP contribution >= 0.6 is 11.8 Å². The summed E-state index contributed by atoms with van der Waals surface area (Å²) in [6.45, 7) is 3.32. The molecule has 0 unspecified atom stereocenters. The van der Waals surface area contributed by atoms with Gasteiger partial charge in [0.15, 0.2) is 5.82 Å². The van der Waals surface area contributed by atoms with Crippen LogP contribution in [0.25, 0.3) is 0 Å². The molecular formula is C15H20N4O3S. The van der Waals surface area contributed by atoms with Crippen LogP contribution in [0, 0.1) is 22.5 Å². The Bertz CT molecular complexity index is 572. The maximum atomic E-state index is 10.5. The highest BCUT2D eigenvalue weighted by molar-refractivity contribution is 7.98. The molecule has 0 saturated carbocycles. The number of nitrogens with one attached hydrogen (secondary N) is 2. The van der Waals surface area contributed by atoms with Crippen LogP contribution in [0.2, 0.25) is 0 Å². The van der Waals surface area contributed by atoms with Gasteiger partial charge < -0.3 is 15.4 Å². The second kappa shape index (κ2) is 11.2. The van der Waals surface area contributed by atoms with Crippen molar-refractivity contribution in [2.24, 2.45) is 0 Å². The van der Waals surface area contributed by atoms with E-state index in [0.29, 0.717) is 24.7 Å². The number of thioether (sulfide) groups is 1. The first-order valence-corrected chi connectivity index (χ1v) is 8.23. The average molecular weight is 336 g/mol. The van der Waals surface area contributed by atoms with Crippen molar-refractivity contribution in [2.45, 2.75) is 12.7 Å². The monoisotopic (exact) mass is 336 g/mol. The molecule has 0 spiro atoms. The van der Waals surface area contributed by atoms with Crippen molar-refractivity contribution >= 4 is 11.8 Å². The third kappa shape index (κ3) is 7.97. The number of pyridine rings is 1. The number of ether oxygens (including phenoxy) is 1. The Balaban J connectivity index is 2.36. The molecule has 1 aromatic rings. The maximum absolute atomic E-state index is 10.5. The van der Waals surface area contributed by atoms with E-state index in [-0.39, 0.29) is 6.54 Å². The molecular weight excluding hydrogens is 316 g/mol. The Morgan fingerprint density at radius 2 is 2.43 bits per heavy atom. The summed E-state index contributed by atoms with van der Waals surface area (Å²) in [5, 5.41) is 16.2. The van der Waals surface area contributed by atoms with Gasteiger partial charge in [-0.1, -0.05) is 5.92 Å². The highest BCUT2D eigenvalue weighted by Crippen LogP contribution is 2.20. The lowest BCUT2D eigenvalue weighted by Crippen LogP contribution is -2.29. The molecule has 0 aliphatic heterocycles. The van der Waals surface area contributed by atoms with Gasteiger partial charge in [0.05, 0.1) is 23.8 Å². The Morgan fingerprint density at radius 1 is 1.61 bits per heavy atom. The first kappa shape index (κ1) is 18.6. The Labute approximate surface area is 140 Å². The molecule has 0 bridgehead atoms. The van der Waals surface area contributed by atoms with Gasteiger partial charge in [0, 0.05) is 24.2 Å². The lowest BCUT2D eigenvalue weighted by atomic mass is 10.3. The number of rotatable bonds is 11. The molecule has 1 rings (SSSR count). The molecule has 124 valence electrons. The van der Waals surface area contributed by atoms with E-state index >= 15 is 0 Å². The molecule has 0 saturated heterocycles. The smallest absolute Gasteiger partial charge is 0.274 e. The summed E-state index contributed by atoms with van der Waals surface area (Å²) in [4.78, 5) is 14.3. The minimum Gasteiger partial charge on any atom is -0.492 e. The van der Waals surface area contributed by atoms with Gasteiger partial charge >= 0.3 is 0 Å². The van der Waals surface area contributed by atoms with Crippen molar-refractivity contribution in [1.82, 2.24) is 15.6 Å². The maximum Gasteiger partial charge on any atom is 0.274 e. The van der Waals surface area contributed by atoms with E-state index in [4.69, 9.17) is 11.2 Å². The van der Waals surface area contributed by atoms with Gasteiger partial charge in [-0.25, -0.2) is 0 Å². The number of terminal acetylenes is 1. The molecule has 1 aromatic heterocycles. The lowest BCUT2D eigenvalue weighted by molar-refractivity contribution is -0.404. The van der Waals surface area contributed by atoms with Crippen LogP contribution in [0.3, 0.4) is 0 Å². The molecule has 1 heterocycles. The Kier molecular flexibility index (Phi) is 9.09. The van der Waals surface area contributed by atoms with E-state index in [0.717, 1.165) is 23.4 Å². The van der Waals surface area contributed by atoms with Crippen LogP contribution in [0.5, 0.6) is 5.75 Å². The summed E-state index contributed by atoms with van der Waals surface area (Å²) >= 11 is 1.66. The fourth-order valence-electron chi connectivity index (χ4n) is 1.65. The molecule has 7 nitrogen and oxygen atoms in total. The van der Waals surface area contributed by atoms with Gasteiger partial charge in [-0.05, 0) is 19.1 Å². The minimum absolute atomic E-state index is 0.228. The van der Waals surface area contributed by atoms with Crippen molar-refractivity contribution in [1.29, 1.82) is 0 Å². The van der Waals surface area contributed by atoms with Crippen molar-refractivity contribution < 1.29 is 9.66 Å². The van der Waals surface area contributed by atoms with Crippen molar-refractivity contribution in [3.05, 3.63) is 46.2 Å². The zero-order valence-electron chi connectivity index (χ0n) is 12.9. The minimum atomic E-state index is -0.527. The summed E-state index contributed by atoms with van der Waals surface area (Å²) in [6, 6.07) is 3.73. The molecule has 2 N–H and O–H groups in total. The summed E-state index contributed by atoms with van der Waals surface area (Å²) in [7, 11) is 0. The number of aromatic nitrogens is 1. The molecule has 0 fully saturated rings. The van der Waals surface area contributed by atoms with E-state index in [9.17, 15) is 10.1 Å². The van der Waals surface area contributed by atoms with Gasteiger partial charge in [0.1, 0.15) is 5.75 Å². The standard InChI is InChI=1S/C15H20N4O3S/c1-3-7-17-15(11-19(20)21)18-9-10-23-12-13-14(22-4-2)6-5-8-16-13/h1,5-6,8,11,17-18H,4,7,9-10,12H2,2H3. The normalized spacial score (nSPS) is 10.7. The number of hydrogen-bond acceptors (Lipinski definition) is 7. The van der Waals surface area contributed by atoms with Crippen LogP contribution < -0.4 is 15.4 Å².